The van der Waals surface area contributed by atoms with Crippen molar-refractivity contribution in [3.05, 3.63) is 88.0 Å². The molecule has 0 saturated carbocycles. The van der Waals surface area contributed by atoms with Crippen LogP contribution in [0.1, 0.15) is 77.7 Å². The van der Waals surface area contributed by atoms with Gasteiger partial charge in [-0.25, -0.2) is 9.48 Å². The van der Waals surface area contributed by atoms with Crippen molar-refractivity contribution in [2.75, 3.05) is 32.8 Å². The molecule has 1 unspecified atom stereocenters. The van der Waals surface area contributed by atoms with Gasteiger partial charge in [-0.05, 0) is 129 Å². The summed E-state index contributed by atoms with van der Waals surface area (Å²) in [5, 5.41) is 29.0. The first-order valence-corrected chi connectivity index (χ1v) is 20.9. The highest BCUT2D eigenvalue weighted by atomic mass is 35.5. The third kappa shape index (κ3) is 10.7. The number of fused-ring (bicyclic) bond motifs is 2. The molecule has 0 bridgehead atoms. The molecule has 4 aromatic carbocycles. The summed E-state index contributed by atoms with van der Waals surface area (Å²) in [6, 6.07) is 18.6. The number of ether oxygens (including phenoxy) is 4. The van der Waals surface area contributed by atoms with E-state index in [0.29, 0.717) is 43.4 Å². The summed E-state index contributed by atoms with van der Waals surface area (Å²) in [4.78, 5) is 18.6. The summed E-state index contributed by atoms with van der Waals surface area (Å²) in [7, 11) is 0. The van der Waals surface area contributed by atoms with Gasteiger partial charge in [0.15, 0.2) is 6.23 Å². The molecule has 5 heterocycles. The molecule has 4 aliphatic rings. The van der Waals surface area contributed by atoms with E-state index in [2.05, 4.69) is 27.5 Å². The number of nitrogens with one attached hydrogen (secondary N) is 1. The Morgan fingerprint density at radius 2 is 1.56 bits per heavy atom. The Labute approximate surface area is 373 Å². The first kappa shape index (κ1) is 45.8. The molecule has 15 heteroatoms. The molecule has 3 saturated heterocycles. The van der Waals surface area contributed by atoms with E-state index in [1.54, 1.807) is 29.2 Å². The predicted octanol–water partition coefficient (Wildman–Crippen LogP) is 10.6. The Balaban J connectivity index is 0.000000215. The lowest BCUT2D eigenvalue weighted by atomic mass is 9.99. The van der Waals surface area contributed by atoms with Crippen LogP contribution in [0.2, 0.25) is 10.0 Å². The Hall–Kier alpha value is -4.72. The summed E-state index contributed by atoms with van der Waals surface area (Å²) in [6.45, 7) is 9.87. The predicted molar refractivity (Wildman–Crippen MR) is 243 cm³/mol. The summed E-state index contributed by atoms with van der Waals surface area (Å²) >= 11 is 12.3. The fourth-order valence-corrected chi connectivity index (χ4v) is 8.12. The molecule has 9 rings (SSSR count). The second-order valence-corrected chi connectivity index (χ2v) is 17.2. The maximum absolute atomic E-state index is 12.5. The van der Waals surface area contributed by atoms with Crippen molar-refractivity contribution in [2.24, 2.45) is 4.99 Å². The van der Waals surface area contributed by atoms with Crippen LogP contribution in [-0.2, 0) is 16.0 Å². The third-order valence-electron chi connectivity index (χ3n) is 10.8. The Morgan fingerprint density at radius 3 is 2.20 bits per heavy atom. The average molecular weight is 895 g/mol. The van der Waals surface area contributed by atoms with E-state index in [1.807, 2.05) is 62.1 Å². The van der Waals surface area contributed by atoms with Gasteiger partial charge in [0.25, 0.3) is 0 Å². The van der Waals surface area contributed by atoms with Crippen molar-refractivity contribution in [1.82, 2.24) is 20.0 Å². The van der Waals surface area contributed by atoms with E-state index in [9.17, 15) is 15.0 Å². The van der Waals surface area contributed by atoms with Gasteiger partial charge in [-0.15, -0.1) is 12.4 Å². The highest BCUT2D eigenvalue weighted by Crippen LogP contribution is 2.39. The van der Waals surface area contributed by atoms with E-state index < -0.39 is 5.60 Å². The lowest BCUT2D eigenvalue weighted by Gasteiger charge is -2.24. The summed E-state index contributed by atoms with van der Waals surface area (Å²) in [6.07, 6.45) is 8.04. The number of likely N-dealkylation sites (tertiary alicyclic amines) is 1. The molecule has 4 aliphatic heterocycles. The molecule has 5 aromatic rings. The number of halogens is 3. The van der Waals surface area contributed by atoms with Crippen molar-refractivity contribution in [2.45, 2.75) is 90.9 Å². The Morgan fingerprint density at radius 1 is 0.869 bits per heavy atom. The number of aromatic hydroxyl groups is 2. The van der Waals surface area contributed by atoms with Crippen molar-refractivity contribution in [3.8, 4) is 45.3 Å². The molecule has 0 radical (unpaired) electrons. The van der Waals surface area contributed by atoms with Crippen molar-refractivity contribution >= 4 is 58.8 Å². The molecule has 3 N–H and O–H groups in total. The van der Waals surface area contributed by atoms with Gasteiger partial charge in [-0.2, -0.15) is 5.10 Å². The van der Waals surface area contributed by atoms with Gasteiger partial charge in [-0.3, -0.25) is 4.99 Å². The maximum Gasteiger partial charge on any atom is 0.410 e. The topological polar surface area (TPSA) is 140 Å². The SMILES string of the molecule is C.CC(C)(C)OC(=O)N1CC[C@H](Oc2cc(-c3ccc(O)c(Cl)c3)cc3c2cnn3C2CCCCO2)C1.Cl.Oc1ccc(-c2cc3c(c(O[C@H]4CCNC4)c2)C=NC3)cc1Cl. The van der Waals surface area contributed by atoms with E-state index in [0.717, 1.165) is 88.8 Å². The van der Waals surface area contributed by atoms with Crippen LogP contribution in [0, 0.1) is 0 Å². The van der Waals surface area contributed by atoms with Crippen molar-refractivity contribution in [1.29, 1.82) is 0 Å². The molecule has 61 heavy (non-hydrogen) atoms. The van der Waals surface area contributed by atoms with Crippen molar-refractivity contribution < 1.29 is 34.0 Å². The minimum Gasteiger partial charge on any atom is -0.506 e. The number of nitrogens with zero attached hydrogens (tertiary/aromatic N) is 4. The standard InChI is InChI=1S/C27H32ClN3O5.C18H17ClN2O2.CH4.ClH/c1-27(2,3)36-26(33)30-10-9-19(16-30)35-24-14-18(17-7-8-23(32)21(28)12-17)13-22-20(24)15-29-31(22)25-6-4-5-11-34-25;19-16-6-11(1-2-17(16)22)12-5-13-8-21-10-15(13)18(7-12)23-14-3-4-20-9-14;;/h7-8,12-15,19,25,32H,4-6,9-11,16H2,1-3H3;1-2,5-7,10,14,20,22H,3-4,8-9H2;1H4;1H/t19-,25?;14-;;/m00../s1. The van der Waals surface area contributed by atoms with Crippen LogP contribution in [0.25, 0.3) is 33.2 Å². The number of amides is 1. The number of phenols is 2. The lowest BCUT2D eigenvalue weighted by molar-refractivity contribution is -0.0366. The molecule has 3 atom stereocenters. The zero-order valence-electron chi connectivity index (χ0n) is 33.8. The van der Waals surface area contributed by atoms with Crippen LogP contribution in [-0.4, -0.2) is 87.8 Å². The van der Waals surface area contributed by atoms with Gasteiger partial charge in [-0.1, -0.05) is 42.8 Å². The molecule has 12 nitrogen and oxygen atoms in total. The summed E-state index contributed by atoms with van der Waals surface area (Å²) < 4.78 is 26.2. The molecule has 326 valence electrons. The van der Waals surface area contributed by atoms with E-state index in [4.69, 9.17) is 42.1 Å². The number of phenolic OH excluding ortho intramolecular Hbond substituents is 2. The minimum absolute atomic E-state index is 0. The summed E-state index contributed by atoms with van der Waals surface area (Å²) in [5.41, 5.74) is 6.31. The smallest absolute Gasteiger partial charge is 0.410 e. The number of aliphatic imine (C=N–C) groups is 1. The molecular weight excluding hydrogens is 841 g/mol. The lowest BCUT2D eigenvalue weighted by Crippen LogP contribution is -2.36. The molecule has 1 amide bonds. The molecule has 0 aliphatic carbocycles. The number of rotatable bonds is 7. The normalized spacial score (nSPS) is 19.4. The zero-order chi connectivity index (χ0) is 41.3. The second-order valence-electron chi connectivity index (χ2n) is 16.4. The van der Waals surface area contributed by atoms with Gasteiger partial charge >= 0.3 is 6.09 Å². The fourth-order valence-electron chi connectivity index (χ4n) is 7.76. The zero-order valence-corrected chi connectivity index (χ0v) is 36.2. The number of hydrogen-bond donors (Lipinski definition) is 3. The second kappa shape index (κ2) is 19.5. The van der Waals surface area contributed by atoms with Crippen LogP contribution in [0.5, 0.6) is 23.0 Å². The first-order chi connectivity index (χ1) is 28.4. The van der Waals surface area contributed by atoms with Gasteiger partial charge in [0.05, 0.1) is 40.2 Å². The van der Waals surface area contributed by atoms with E-state index in [1.165, 1.54) is 0 Å². The largest absolute Gasteiger partial charge is 0.506 e. The minimum atomic E-state index is -0.544. The van der Waals surface area contributed by atoms with Crippen LogP contribution >= 0.6 is 35.6 Å². The number of carbonyl (C=O) groups excluding carboxylic acids is 1. The van der Waals surface area contributed by atoms with Crippen LogP contribution in [0.15, 0.2) is 71.9 Å². The third-order valence-corrected chi connectivity index (χ3v) is 11.4. The van der Waals surface area contributed by atoms with Crippen molar-refractivity contribution in [3.63, 3.8) is 0 Å². The monoisotopic (exact) mass is 893 g/mol. The molecule has 0 spiro atoms. The van der Waals surface area contributed by atoms with Gasteiger partial charge < -0.3 is 39.4 Å². The number of benzene rings is 4. The van der Waals surface area contributed by atoms with Gasteiger partial charge in [0.1, 0.15) is 40.8 Å². The Kier molecular flexibility index (Phi) is 14.7. The highest BCUT2D eigenvalue weighted by Gasteiger charge is 2.32. The van der Waals surface area contributed by atoms with E-state index in [-0.39, 0.29) is 60.9 Å². The molecular formula is C46H54Cl3N5O7. The van der Waals surface area contributed by atoms with Crippen LogP contribution in [0.3, 0.4) is 0 Å². The Bertz CT molecular complexity index is 2370. The van der Waals surface area contributed by atoms with Crippen LogP contribution in [0.4, 0.5) is 4.79 Å². The number of aromatic nitrogens is 2. The quantitative estimate of drug-likeness (QED) is 0.146. The van der Waals surface area contributed by atoms with Crippen LogP contribution < -0.4 is 14.8 Å². The molecule has 3 fully saturated rings. The molecule has 1 aromatic heterocycles. The number of carbonyl (C=O) groups is 1. The number of hydrogen-bond acceptors (Lipinski definition) is 10. The van der Waals surface area contributed by atoms with E-state index >= 15 is 0 Å². The maximum atomic E-state index is 12.5. The summed E-state index contributed by atoms with van der Waals surface area (Å²) in [5.74, 6) is 1.68. The highest BCUT2D eigenvalue weighted by molar-refractivity contribution is 6.32. The fraction of sp³-hybridized carbons (Fsp3) is 0.413. The first-order valence-electron chi connectivity index (χ1n) is 20.2. The van der Waals surface area contributed by atoms with Gasteiger partial charge in [0.2, 0.25) is 0 Å². The van der Waals surface area contributed by atoms with Gasteiger partial charge in [0, 0.05) is 37.9 Å². The average Bonchev–Trinajstić information content (AvgIpc) is 4.05.